The molecule has 0 bridgehead atoms. The number of rotatable bonds is 5. The van der Waals surface area contributed by atoms with Gasteiger partial charge in [-0.2, -0.15) is 0 Å². The van der Waals surface area contributed by atoms with E-state index in [1.807, 2.05) is 79.7 Å². The highest BCUT2D eigenvalue weighted by Gasteiger charge is 2.18. The van der Waals surface area contributed by atoms with Gasteiger partial charge in [0.1, 0.15) is 5.75 Å². The van der Waals surface area contributed by atoms with E-state index in [-0.39, 0.29) is 24.1 Å². The molecule has 0 unspecified atom stereocenters. The van der Waals surface area contributed by atoms with Crippen molar-refractivity contribution in [3.8, 4) is 5.75 Å². The third-order valence-corrected chi connectivity index (χ3v) is 6.31. The standard InChI is InChI=1S/C28H21N3O3/c1-17(18-7-3-2-4-8-18)30-25(32)16-34-19-11-12-24-23(15-19)21-13-14-29-26-20-9-5-6-10-22(20)28(33)31(24)27(21)26/h2-15,17H,16H2,1H3,(H,30,32)/t17-/m1/s1. The zero-order chi connectivity index (χ0) is 23.2. The first-order valence-corrected chi connectivity index (χ1v) is 11.2. The highest BCUT2D eigenvalue weighted by Crippen LogP contribution is 2.34. The lowest BCUT2D eigenvalue weighted by molar-refractivity contribution is -0.123. The van der Waals surface area contributed by atoms with E-state index in [9.17, 15) is 9.59 Å². The van der Waals surface area contributed by atoms with E-state index in [1.54, 1.807) is 16.7 Å². The fraction of sp³-hybridized carbons (Fsp3) is 0.107. The number of amides is 1. The van der Waals surface area contributed by atoms with Gasteiger partial charge in [-0.1, -0.05) is 48.5 Å². The third kappa shape index (κ3) is 3.15. The van der Waals surface area contributed by atoms with Crippen molar-refractivity contribution in [2.45, 2.75) is 13.0 Å². The van der Waals surface area contributed by atoms with Gasteiger partial charge in [0, 0.05) is 27.7 Å². The minimum Gasteiger partial charge on any atom is -0.484 e. The van der Waals surface area contributed by atoms with Gasteiger partial charge in [0.05, 0.1) is 22.6 Å². The number of hydrogen-bond acceptors (Lipinski definition) is 4. The lowest BCUT2D eigenvalue weighted by atomic mass is 10.1. The highest BCUT2D eigenvalue weighted by atomic mass is 16.5. The largest absolute Gasteiger partial charge is 0.484 e. The summed E-state index contributed by atoms with van der Waals surface area (Å²) in [7, 11) is 0. The van der Waals surface area contributed by atoms with Crippen LogP contribution in [0.4, 0.5) is 0 Å². The Hall–Kier alpha value is -4.45. The number of carbonyl (C=O) groups is 1. The van der Waals surface area contributed by atoms with Crippen molar-refractivity contribution >= 4 is 44.0 Å². The Bertz CT molecular complexity index is 1740. The van der Waals surface area contributed by atoms with E-state index in [4.69, 9.17) is 4.74 Å². The average molecular weight is 447 g/mol. The maximum Gasteiger partial charge on any atom is 0.263 e. The van der Waals surface area contributed by atoms with Crippen molar-refractivity contribution in [1.29, 1.82) is 0 Å². The Morgan fingerprint density at radius 3 is 2.53 bits per heavy atom. The first kappa shape index (κ1) is 20.2. The highest BCUT2D eigenvalue weighted by molar-refractivity contribution is 6.18. The van der Waals surface area contributed by atoms with Crippen LogP contribution in [-0.2, 0) is 4.79 Å². The minimum atomic E-state index is -0.200. The molecule has 3 aromatic carbocycles. The normalized spacial score (nSPS) is 12.5. The molecule has 3 heterocycles. The predicted octanol–water partition coefficient (Wildman–Crippen LogP) is 4.85. The molecule has 0 radical (unpaired) electrons. The van der Waals surface area contributed by atoms with Crippen molar-refractivity contribution in [2.75, 3.05) is 6.61 Å². The SMILES string of the molecule is C[C@@H](NC(=O)COc1ccc2c(c1)c1ccnc3c4ccccc4c(=O)n2c13)c1ccccc1. The number of fused-ring (bicyclic) bond motifs is 5. The van der Waals surface area contributed by atoms with Crippen molar-refractivity contribution in [1.82, 2.24) is 14.7 Å². The van der Waals surface area contributed by atoms with Crippen LogP contribution < -0.4 is 15.6 Å². The fourth-order valence-corrected chi connectivity index (χ4v) is 4.70. The molecule has 34 heavy (non-hydrogen) atoms. The zero-order valence-electron chi connectivity index (χ0n) is 18.5. The molecule has 0 saturated heterocycles. The molecule has 0 saturated carbocycles. The van der Waals surface area contributed by atoms with E-state index >= 15 is 0 Å². The summed E-state index contributed by atoms with van der Waals surface area (Å²) in [6.07, 6.45) is 1.76. The lowest BCUT2D eigenvalue weighted by Crippen LogP contribution is -2.31. The van der Waals surface area contributed by atoms with Gasteiger partial charge in [0.15, 0.2) is 6.61 Å². The van der Waals surface area contributed by atoms with Gasteiger partial charge in [0.2, 0.25) is 0 Å². The Balaban J connectivity index is 1.35. The maximum absolute atomic E-state index is 13.3. The smallest absolute Gasteiger partial charge is 0.263 e. The Kier molecular flexibility index (Phi) is 4.66. The van der Waals surface area contributed by atoms with Crippen LogP contribution in [-0.4, -0.2) is 21.9 Å². The van der Waals surface area contributed by atoms with Gasteiger partial charge in [-0.3, -0.25) is 19.0 Å². The fourth-order valence-electron chi connectivity index (χ4n) is 4.70. The number of pyridine rings is 2. The molecule has 6 heteroatoms. The van der Waals surface area contributed by atoms with Crippen LogP contribution in [0.5, 0.6) is 5.75 Å². The number of carbonyl (C=O) groups excluding carboxylic acids is 1. The molecule has 1 atom stereocenters. The molecule has 6 nitrogen and oxygen atoms in total. The summed E-state index contributed by atoms with van der Waals surface area (Å²) in [5, 5.41) is 6.25. The summed E-state index contributed by atoms with van der Waals surface area (Å²) in [6.45, 7) is 1.84. The number of benzene rings is 3. The van der Waals surface area contributed by atoms with Gasteiger partial charge in [-0.15, -0.1) is 0 Å². The summed E-state index contributed by atoms with van der Waals surface area (Å²) < 4.78 is 7.55. The molecule has 6 aromatic rings. The van der Waals surface area contributed by atoms with Gasteiger partial charge < -0.3 is 10.1 Å². The molecule has 6 rings (SSSR count). The Morgan fingerprint density at radius 1 is 0.941 bits per heavy atom. The third-order valence-electron chi connectivity index (χ3n) is 6.31. The first-order chi connectivity index (χ1) is 16.6. The number of nitrogens with one attached hydrogen (secondary N) is 1. The molecular formula is C28H21N3O3. The lowest BCUT2D eigenvalue weighted by Gasteiger charge is -2.14. The monoisotopic (exact) mass is 447 g/mol. The van der Waals surface area contributed by atoms with Gasteiger partial charge in [-0.25, -0.2) is 0 Å². The first-order valence-electron chi connectivity index (χ1n) is 11.2. The second-order valence-electron chi connectivity index (χ2n) is 8.41. The van der Waals surface area contributed by atoms with Crippen LogP contribution in [0.1, 0.15) is 18.5 Å². The molecule has 0 aliphatic rings. The van der Waals surface area contributed by atoms with Crippen molar-refractivity contribution in [3.63, 3.8) is 0 Å². The van der Waals surface area contributed by atoms with Crippen LogP contribution in [0.2, 0.25) is 0 Å². The Morgan fingerprint density at radius 2 is 1.71 bits per heavy atom. The van der Waals surface area contributed by atoms with E-state index in [2.05, 4.69) is 10.3 Å². The molecule has 0 spiro atoms. The summed E-state index contributed by atoms with van der Waals surface area (Å²) in [6, 6.07) is 24.7. The molecule has 1 amide bonds. The summed E-state index contributed by atoms with van der Waals surface area (Å²) in [4.78, 5) is 30.4. The summed E-state index contributed by atoms with van der Waals surface area (Å²) in [5.74, 6) is 0.366. The maximum atomic E-state index is 13.3. The average Bonchev–Trinajstić information content (AvgIpc) is 3.21. The summed E-state index contributed by atoms with van der Waals surface area (Å²) >= 11 is 0. The molecule has 166 valence electrons. The van der Waals surface area contributed by atoms with Gasteiger partial charge in [0.25, 0.3) is 11.5 Å². The molecule has 0 aliphatic carbocycles. The van der Waals surface area contributed by atoms with Crippen molar-refractivity contribution < 1.29 is 9.53 Å². The van der Waals surface area contributed by atoms with Crippen LogP contribution in [0, 0.1) is 0 Å². The van der Waals surface area contributed by atoms with Crippen LogP contribution in [0.15, 0.2) is 89.9 Å². The molecule has 0 aliphatic heterocycles. The number of aromatic nitrogens is 2. The number of nitrogens with zero attached hydrogens (tertiary/aromatic N) is 2. The molecule has 1 N–H and O–H groups in total. The molecule has 3 aromatic heterocycles. The van der Waals surface area contributed by atoms with Crippen LogP contribution >= 0.6 is 0 Å². The van der Waals surface area contributed by atoms with Crippen LogP contribution in [0.3, 0.4) is 0 Å². The van der Waals surface area contributed by atoms with E-state index in [1.165, 1.54) is 0 Å². The van der Waals surface area contributed by atoms with Gasteiger partial charge in [-0.05, 0) is 42.8 Å². The number of ether oxygens (including phenoxy) is 1. The molecule has 0 fully saturated rings. The predicted molar refractivity (Wildman–Crippen MR) is 134 cm³/mol. The minimum absolute atomic E-state index is 0.0703. The zero-order valence-corrected chi connectivity index (χ0v) is 18.5. The van der Waals surface area contributed by atoms with E-state index in [0.29, 0.717) is 11.1 Å². The van der Waals surface area contributed by atoms with Crippen LogP contribution in [0.25, 0.3) is 38.1 Å². The second-order valence-corrected chi connectivity index (χ2v) is 8.41. The summed E-state index contributed by atoms with van der Waals surface area (Å²) in [5.41, 5.74) is 3.34. The van der Waals surface area contributed by atoms with E-state index < -0.39 is 0 Å². The van der Waals surface area contributed by atoms with Crippen molar-refractivity contribution in [2.24, 2.45) is 0 Å². The second kappa shape index (κ2) is 7.85. The topological polar surface area (TPSA) is 72.7 Å². The molecular weight excluding hydrogens is 426 g/mol. The van der Waals surface area contributed by atoms with Crippen molar-refractivity contribution in [3.05, 3.63) is 101 Å². The Labute approximate surface area is 194 Å². The van der Waals surface area contributed by atoms with E-state index in [0.717, 1.165) is 38.3 Å². The number of hydrogen-bond donors (Lipinski definition) is 1. The van der Waals surface area contributed by atoms with Gasteiger partial charge >= 0.3 is 0 Å². The quantitative estimate of drug-likeness (QED) is 0.384.